The molecule has 10 nitrogen and oxygen atoms in total. The lowest BCUT2D eigenvalue weighted by Crippen LogP contribution is -2.43. The minimum Gasteiger partial charge on any atom is -0.379 e. The number of nitrogens with one attached hydrogen (secondary N) is 2. The summed E-state index contributed by atoms with van der Waals surface area (Å²) in [6.07, 6.45) is 7.20. The molecule has 1 saturated carbocycles. The molecule has 1 aromatic carbocycles. The summed E-state index contributed by atoms with van der Waals surface area (Å²) in [6, 6.07) is 8.46. The Morgan fingerprint density at radius 2 is 2.03 bits per heavy atom. The third kappa shape index (κ3) is 3.98. The van der Waals surface area contributed by atoms with Gasteiger partial charge >= 0.3 is 0 Å². The SMILES string of the molecule is NC(=O)c1nnc(N[C@@H]2CCCC[C@@H]2N)nc1Nc1cccc2c1ccn2C1CCOC1. The molecule has 1 aliphatic heterocycles. The van der Waals surface area contributed by atoms with Crippen molar-refractivity contribution in [1.82, 2.24) is 19.7 Å². The standard InChI is InChI=1S/C22H28N8O2/c23-15-4-1-2-5-17(15)26-22-27-21(19(20(24)31)28-29-22)25-16-6-3-7-18-14(16)8-10-30(18)13-9-11-32-12-13/h3,6-8,10,13,15,17H,1-2,4-5,9,11-12,23H2,(H2,24,31)(H2,25,26,27,29)/t13?,15-,17+/m0/s1. The molecule has 3 heterocycles. The zero-order valence-electron chi connectivity index (χ0n) is 17.8. The molecule has 2 aliphatic rings. The number of hydrogen-bond donors (Lipinski definition) is 4. The van der Waals surface area contributed by atoms with Crippen molar-refractivity contribution in [3.05, 3.63) is 36.2 Å². The minimum atomic E-state index is -0.693. The van der Waals surface area contributed by atoms with Crippen molar-refractivity contribution in [3.8, 4) is 0 Å². The fourth-order valence-electron chi connectivity index (χ4n) is 4.63. The molecule has 2 fully saturated rings. The number of aromatic nitrogens is 4. The van der Waals surface area contributed by atoms with E-state index in [1.54, 1.807) is 0 Å². The van der Waals surface area contributed by atoms with Gasteiger partial charge in [-0.2, -0.15) is 4.98 Å². The Morgan fingerprint density at radius 1 is 1.16 bits per heavy atom. The second-order valence-electron chi connectivity index (χ2n) is 8.50. The lowest BCUT2D eigenvalue weighted by atomic mass is 9.91. The number of nitrogens with two attached hydrogens (primary N) is 2. The minimum absolute atomic E-state index is 0.0101. The topological polar surface area (TPSA) is 146 Å². The van der Waals surface area contributed by atoms with E-state index >= 15 is 0 Å². The molecule has 168 valence electrons. The molecule has 2 aromatic heterocycles. The van der Waals surface area contributed by atoms with Crippen LogP contribution < -0.4 is 22.1 Å². The summed E-state index contributed by atoms with van der Waals surface area (Å²) >= 11 is 0. The first-order valence-corrected chi connectivity index (χ1v) is 11.1. The van der Waals surface area contributed by atoms with Gasteiger partial charge in [0, 0.05) is 36.0 Å². The lowest BCUT2D eigenvalue weighted by Gasteiger charge is -2.29. The predicted molar refractivity (Wildman–Crippen MR) is 122 cm³/mol. The van der Waals surface area contributed by atoms with Gasteiger partial charge in [0.15, 0.2) is 11.5 Å². The second-order valence-corrected chi connectivity index (χ2v) is 8.50. The van der Waals surface area contributed by atoms with Crippen LogP contribution in [0.2, 0.25) is 0 Å². The van der Waals surface area contributed by atoms with E-state index in [1.807, 2.05) is 12.1 Å². The second kappa shape index (κ2) is 8.71. The Hall–Kier alpha value is -3.24. The Morgan fingerprint density at radius 3 is 2.81 bits per heavy atom. The molecule has 3 atom stereocenters. The van der Waals surface area contributed by atoms with E-state index in [9.17, 15) is 4.79 Å². The number of benzene rings is 1. The monoisotopic (exact) mass is 436 g/mol. The number of primary amides is 1. The molecule has 0 bridgehead atoms. The first-order valence-electron chi connectivity index (χ1n) is 11.1. The molecule has 5 rings (SSSR count). The molecule has 3 aromatic rings. The Balaban J connectivity index is 1.46. The van der Waals surface area contributed by atoms with Gasteiger partial charge in [-0.05, 0) is 37.5 Å². The number of hydrogen-bond acceptors (Lipinski definition) is 8. The maximum absolute atomic E-state index is 12.0. The van der Waals surface area contributed by atoms with Gasteiger partial charge in [-0.1, -0.05) is 18.9 Å². The predicted octanol–water partition coefficient (Wildman–Crippen LogP) is 2.31. The summed E-state index contributed by atoms with van der Waals surface area (Å²) in [5.74, 6) is -0.0993. The van der Waals surface area contributed by atoms with Gasteiger partial charge in [0.2, 0.25) is 5.95 Å². The van der Waals surface area contributed by atoms with Crippen LogP contribution in [-0.4, -0.2) is 51.0 Å². The summed E-state index contributed by atoms with van der Waals surface area (Å²) < 4.78 is 7.79. The summed E-state index contributed by atoms with van der Waals surface area (Å²) in [6.45, 7) is 1.48. The van der Waals surface area contributed by atoms with E-state index in [0.29, 0.717) is 18.6 Å². The molecule has 32 heavy (non-hydrogen) atoms. The summed E-state index contributed by atoms with van der Waals surface area (Å²) in [7, 11) is 0. The van der Waals surface area contributed by atoms with Crippen molar-refractivity contribution in [1.29, 1.82) is 0 Å². The molecule has 10 heteroatoms. The van der Waals surface area contributed by atoms with Crippen LogP contribution in [-0.2, 0) is 4.74 Å². The highest BCUT2D eigenvalue weighted by Crippen LogP contribution is 2.32. The number of carbonyl (C=O) groups excluding carboxylic acids is 1. The normalized spacial score (nSPS) is 23.3. The van der Waals surface area contributed by atoms with E-state index in [4.69, 9.17) is 16.2 Å². The molecule has 1 unspecified atom stereocenters. The van der Waals surface area contributed by atoms with Gasteiger partial charge in [0.1, 0.15) is 0 Å². The van der Waals surface area contributed by atoms with Crippen LogP contribution in [0.25, 0.3) is 10.9 Å². The van der Waals surface area contributed by atoms with Gasteiger partial charge in [-0.25, -0.2) is 0 Å². The van der Waals surface area contributed by atoms with Crippen LogP contribution in [0.15, 0.2) is 30.5 Å². The lowest BCUT2D eigenvalue weighted by molar-refractivity contribution is 0.0995. The zero-order chi connectivity index (χ0) is 22.1. The Kier molecular flexibility index (Phi) is 5.62. The number of anilines is 3. The first kappa shape index (κ1) is 20.7. The molecule has 1 saturated heterocycles. The number of fused-ring (bicyclic) bond motifs is 1. The number of amides is 1. The first-order chi connectivity index (χ1) is 15.6. The maximum atomic E-state index is 12.0. The number of ether oxygens (including phenoxy) is 1. The Bertz CT molecular complexity index is 1120. The van der Waals surface area contributed by atoms with E-state index in [2.05, 4.69) is 48.7 Å². The third-order valence-corrected chi connectivity index (χ3v) is 6.37. The van der Waals surface area contributed by atoms with Crippen LogP contribution >= 0.6 is 0 Å². The average molecular weight is 437 g/mol. The van der Waals surface area contributed by atoms with Crippen LogP contribution in [0.1, 0.15) is 48.6 Å². The fraction of sp³-hybridized carbons (Fsp3) is 0.455. The van der Waals surface area contributed by atoms with Crippen molar-refractivity contribution < 1.29 is 9.53 Å². The number of rotatable bonds is 6. The summed E-state index contributed by atoms with van der Waals surface area (Å²) in [5.41, 5.74) is 13.7. The third-order valence-electron chi connectivity index (χ3n) is 6.37. The van der Waals surface area contributed by atoms with Gasteiger partial charge < -0.3 is 31.4 Å². The van der Waals surface area contributed by atoms with Crippen LogP contribution in [0.4, 0.5) is 17.5 Å². The van der Waals surface area contributed by atoms with Crippen molar-refractivity contribution in [2.75, 3.05) is 23.8 Å². The fourth-order valence-corrected chi connectivity index (χ4v) is 4.63. The smallest absolute Gasteiger partial charge is 0.273 e. The zero-order valence-corrected chi connectivity index (χ0v) is 17.8. The summed E-state index contributed by atoms with van der Waals surface area (Å²) in [5, 5.41) is 15.7. The molecule has 1 aliphatic carbocycles. The van der Waals surface area contributed by atoms with Crippen molar-refractivity contribution >= 4 is 34.3 Å². The van der Waals surface area contributed by atoms with Gasteiger partial charge in [0.05, 0.1) is 18.2 Å². The average Bonchev–Trinajstić information content (AvgIpc) is 3.45. The number of nitrogens with zero attached hydrogens (tertiary/aromatic N) is 4. The maximum Gasteiger partial charge on any atom is 0.273 e. The van der Waals surface area contributed by atoms with E-state index < -0.39 is 5.91 Å². The van der Waals surface area contributed by atoms with Crippen LogP contribution in [0.3, 0.4) is 0 Å². The highest BCUT2D eigenvalue weighted by molar-refractivity contribution is 5.99. The highest BCUT2D eigenvalue weighted by atomic mass is 16.5. The molecule has 6 N–H and O–H groups in total. The molecular formula is C22H28N8O2. The van der Waals surface area contributed by atoms with Gasteiger partial charge in [-0.3, -0.25) is 4.79 Å². The van der Waals surface area contributed by atoms with Crippen molar-refractivity contribution in [2.24, 2.45) is 11.5 Å². The quantitative estimate of drug-likeness (QED) is 0.460. The largest absolute Gasteiger partial charge is 0.379 e. The van der Waals surface area contributed by atoms with Crippen molar-refractivity contribution in [2.45, 2.75) is 50.2 Å². The van der Waals surface area contributed by atoms with Gasteiger partial charge in [-0.15, -0.1) is 10.2 Å². The molecular weight excluding hydrogens is 408 g/mol. The van der Waals surface area contributed by atoms with Gasteiger partial charge in [0.25, 0.3) is 5.91 Å². The van der Waals surface area contributed by atoms with E-state index in [0.717, 1.165) is 55.3 Å². The molecule has 0 spiro atoms. The van der Waals surface area contributed by atoms with Crippen LogP contribution in [0, 0.1) is 0 Å². The number of carbonyl (C=O) groups is 1. The molecule has 1 amide bonds. The Labute approximate surface area is 185 Å². The van der Waals surface area contributed by atoms with Crippen molar-refractivity contribution in [3.63, 3.8) is 0 Å². The van der Waals surface area contributed by atoms with E-state index in [1.165, 1.54) is 0 Å². The van der Waals surface area contributed by atoms with E-state index in [-0.39, 0.29) is 23.6 Å². The summed E-state index contributed by atoms with van der Waals surface area (Å²) in [4.78, 5) is 16.5. The van der Waals surface area contributed by atoms with Crippen LogP contribution in [0.5, 0.6) is 0 Å². The highest BCUT2D eigenvalue weighted by Gasteiger charge is 2.24. The molecule has 0 radical (unpaired) electrons.